The molecule has 4 heteroatoms. The molecular weight excluding hydrogens is 795 g/mol. The van der Waals surface area contributed by atoms with Gasteiger partial charge in [0.05, 0.1) is 5.69 Å². The van der Waals surface area contributed by atoms with E-state index in [1.165, 1.54) is 53.6 Å². The van der Waals surface area contributed by atoms with Gasteiger partial charge in [-0.3, -0.25) is 0 Å². The van der Waals surface area contributed by atoms with E-state index in [4.69, 9.17) is 0 Å². The van der Waals surface area contributed by atoms with Crippen molar-refractivity contribution in [3.05, 3.63) is 261 Å². The molecule has 1 heterocycles. The van der Waals surface area contributed by atoms with E-state index in [0.717, 1.165) is 39.8 Å². The first-order valence-electron chi connectivity index (χ1n) is 21.6. The van der Waals surface area contributed by atoms with Gasteiger partial charge in [-0.15, -0.1) is 11.3 Å². The zero-order valence-electron chi connectivity index (χ0n) is 35.2. The van der Waals surface area contributed by atoms with Crippen molar-refractivity contribution in [2.75, 3.05) is 15.5 Å². The van der Waals surface area contributed by atoms with E-state index in [2.05, 4.69) is 270 Å². The number of benzene rings is 10. The molecule has 0 fully saturated rings. The lowest BCUT2D eigenvalue weighted by molar-refractivity contribution is 1.30. The lowest BCUT2D eigenvalue weighted by Gasteiger charge is -2.27. The molecule has 0 aliphatic carbocycles. The number of anilines is 7. The van der Waals surface area contributed by atoms with Gasteiger partial charge in [0.15, 0.2) is 0 Å². The van der Waals surface area contributed by atoms with Gasteiger partial charge in [0.25, 0.3) is 0 Å². The van der Waals surface area contributed by atoms with Crippen molar-refractivity contribution < 1.29 is 0 Å². The number of nitrogens with one attached hydrogen (secondary N) is 2. The second kappa shape index (κ2) is 18.8. The van der Waals surface area contributed by atoms with Crippen molar-refractivity contribution in [2.45, 2.75) is 0 Å². The first-order chi connectivity index (χ1) is 31.7. The lowest BCUT2D eigenvalue weighted by atomic mass is 10.1. The van der Waals surface area contributed by atoms with Gasteiger partial charge in [-0.2, -0.15) is 0 Å². The maximum atomic E-state index is 3.56. The third-order valence-electron chi connectivity index (χ3n) is 11.3. The van der Waals surface area contributed by atoms with Crippen LogP contribution in [-0.4, -0.2) is 0 Å². The van der Waals surface area contributed by atoms with Crippen LogP contribution in [-0.2, 0) is 0 Å². The van der Waals surface area contributed by atoms with Crippen molar-refractivity contribution in [1.82, 2.24) is 0 Å². The Balaban J connectivity index is 0.000000156. The number of hydrogen-bond acceptors (Lipinski definition) is 4. The highest BCUT2D eigenvalue weighted by Gasteiger charge is 2.15. The monoisotopic (exact) mass is 839 g/mol. The zero-order valence-corrected chi connectivity index (χ0v) is 36.0. The number of hydrogen-bond donors (Lipinski definition) is 2. The van der Waals surface area contributed by atoms with E-state index in [1.807, 2.05) is 17.4 Å². The summed E-state index contributed by atoms with van der Waals surface area (Å²) in [5.74, 6) is 0. The molecule has 11 rings (SSSR count). The predicted octanol–water partition coefficient (Wildman–Crippen LogP) is 17.7. The third-order valence-corrected chi connectivity index (χ3v) is 12.5. The summed E-state index contributed by atoms with van der Waals surface area (Å²) in [4.78, 5) is 4.91. The van der Waals surface area contributed by atoms with Crippen LogP contribution in [0.5, 0.6) is 0 Å². The third kappa shape index (κ3) is 9.05. The molecule has 1 aromatic heterocycles. The SMILES string of the molecule is c1ccc(-c2ccc(-c3ccc(Nc4cccc5ccccc45)cc3)s2)cc1.c1ccc(-c2ccc(Nc3ccc(N(c4ccccc4)c4cccc5ccccc45)cc3)cc2)cc1. The van der Waals surface area contributed by atoms with Crippen LogP contribution in [0.4, 0.5) is 39.8 Å². The van der Waals surface area contributed by atoms with Crippen LogP contribution < -0.4 is 15.5 Å². The van der Waals surface area contributed by atoms with E-state index in [9.17, 15) is 0 Å². The van der Waals surface area contributed by atoms with Crippen molar-refractivity contribution in [1.29, 1.82) is 0 Å². The van der Waals surface area contributed by atoms with Gasteiger partial charge in [-0.25, -0.2) is 0 Å². The maximum absolute atomic E-state index is 3.56. The second-order valence-corrected chi connectivity index (χ2v) is 16.6. The van der Waals surface area contributed by atoms with Gasteiger partial charge >= 0.3 is 0 Å². The van der Waals surface area contributed by atoms with Gasteiger partial charge in [-0.05, 0) is 118 Å². The van der Waals surface area contributed by atoms with Crippen LogP contribution in [0, 0.1) is 0 Å². The Morgan fingerprint density at radius 2 is 0.703 bits per heavy atom. The molecule has 64 heavy (non-hydrogen) atoms. The number of rotatable bonds is 10. The minimum atomic E-state index is 1.05. The van der Waals surface area contributed by atoms with E-state index < -0.39 is 0 Å². The highest BCUT2D eigenvalue weighted by atomic mass is 32.1. The molecule has 11 aromatic rings. The van der Waals surface area contributed by atoms with Crippen LogP contribution in [0.1, 0.15) is 0 Å². The van der Waals surface area contributed by atoms with E-state index in [1.54, 1.807) is 0 Å². The van der Waals surface area contributed by atoms with Crippen LogP contribution in [0.15, 0.2) is 261 Å². The molecule has 0 aliphatic rings. The Kier molecular flexibility index (Phi) is 11.7. The summed E-state index contributed by atoms with van der Waals surface area (Å²) in [6.07, 6.45) is 0. The molecule has 306 valence electrons. The van der Waals surface area contributed by atoms with E-state index in [-0.39, 0.29) is 0 Å². The van der Waals surface area contributed by atoms with Crippen LogP contribution in [0.3, 0.4) is 0 Å². The average molecular weight is 840 g/mol. The molecule has 0 saturated carbocycles. The van der Waals surface area contributed by atoms with E-state index >= 15 is 0 Å². The maximum Gasteiger partial charge on any atom is 0.0540 e. The largest absolute Gasteiger partial charge is 0.356 e. The highest BCUT2D eigenvalue weighted by molar-refractivity contribution is 7.18. The number of nitrogens with zero attached hydrogens (tertiary/aromatic N) is 1. The molecule has 0 saturated heterocycles. The Morgan fingerprint density at radius 3 is 1.34 bits per heavy atom. The fourth-order valence-electron chi connectivity index (χ4n) is 8.10. The lowest BCUT2D eigenvalue weighted by Crippen LogP contribution is -2.10. The van der Waals surface area contributed by atoms with Gasteiger partial charge in [-0.1, -0.05) is 176 Å². The highest BCUT2D eigenvalue weighted by Crippen LogP contribution is 2.40. The summed E-state index contributed by atoms with van der Waals surface area (Å²) in [7, 11) is 0. The number of thiophene rings is 1. The Labute approximate surface area is 379 Å². The smallest absolute Gasteiger partial charge is 0.0540 e. The molecule has 0 unspecified atom stereocenters. The van der Waals surface area contributed by atoms with Crippen molar-refractivity contribution >= 4 is 72.7 Å². The van der Waals surface area contributed by atoms with Crippen molar-refractivity contribution in [3.8, 4) is 32.0 Å². The minimum Gasteiger partial charge on any atom is -0.356 e. The Morgan fingerprint density at radius 1 is 0.281 bits per heavy atom. The second-order valence-electron chi connectivity index (χ2n) is 15.5. The summed E-state index contributed by atoms with van der Waals surface area (Å²) in [6, 6.07) is 91.7. The van der Waals surface area contributed by atoms with Crippen LogP contribution in [0.2, 0.25) is 0 Å². The van der Waals surface area contributed by atoms with Gasteiger partial charge < -0.3 is 15.5 Å². The van der Waals surface area contributed by atoms with Crippen LogP contribution >= 0.6 is 11.3 Å². The molecule has 2 N–H and O–H groups in total. The molecule has 0 atom stereocenters. The normalized spacial score (nSPS) is 10.8. The topological polar surface area (TPSA) is 27.3 Å². The summed E-state index contributed by atoms with van der Waals surface area (Å²) in [6.45, 7) is 0. The molecule has 0 spiro atoms. The fraction of sp³-hybridized carbons (Fsp3) is 0. The summed E-state index contributed by atoms with van der Waals surface area (Å²) < 4.78 is 0. The molecule has 0 radical (unpaired) electrons. The first-order valence-corrected chi connectivity index (χ1v) is 22.4. The quantitative estimate of drug-likeness (QED) is 0.144. The van der Waals surface area contributed by atoms with Gasteiger partial charge in [0.1, 0.15) is 0 Å². The standard InChI is InChI=1S/C34H26N2.C26H19NS/c1-3-10-26(11-4-1)27-18-20-29(21-19-27)35-30-22-24-32(25-23-30)36(31-14-5-2-6-15-31)34-17-9-13-28-12-7-8-16-33(28)34;1-2-8-20(9-3-1)25-17-18-26(28-25)21-13-15-22(16-14-21)27-24-12-6-10-19-7-4-5-11-23(19)24/h1-25,35H;1-18,27H. The zero-order chi connectivity index (χ0) is 42.9. The number of para-hydroxylation sites is 1. The van der Waals surface area contributed by atoms with Crippen LogP contribution in [0.25, 0.3) is 53.6 Å². The van der Waals surface area contributed by atoms with E-state index in [0.29, 0.717) is 0 Å². The Bertz CT molecular complexity index is 3230. The van der Waals surface area contributed by atoms with Crippen molar-refractivity contribution in [2.24, 2.45) is 0 Å². The first kappa shape index (κ1) is 39.9. The minimum absolute atomic E-state index is 1.05. The number of fused-ring (bicyclic) bond motifs is 2. The average Bonchev–Trinajstić information content (AvgIpc) is 3.87. The molecule has 3 nitrogen and oxygen atoms in total. The molecular formula is C60H45N3S. The fourth-order valence-corrected chi connectivity index (χ4v) is 9.12. The molecule has 0 amide bonds. The van der Waals surface area contributed by atoms with Gasteiger partial charge in [0.2, 0.25) is 0 Å². The Hall–Kier alpha value is -8.18. The molecule has 0 aliphatic heterocycles. The molecule has 0 bridgehead atoms. The van der Waals surface area contributed by atoms with Crippen molar-refractivity contribution in [3.63, 3.8) is 0 Å². The summed E-state index contributed by atoms with van der Waals surface area (Å²) in [5.41, 5.74) is 12.7. The predicted molar refractivity (Wildman–Crippen MR) is 276 cm³/mol. The summed E-state index contributed by atoms with van der Waals surface area (Å²) in [5, 5.41) is 12.0. The summed E-state index contributed by atoms with van der Waals surface area (Å²) >= 11 is 1.83. The molecule has 10 aromatic carbocycles. The van der Waals surface area contributed by atoms with Gasteiger partial charge in [0, 0.05) is 54.7 Å².